The van der Waals surface area contributed by atoms with Gasteiger partial charge in [0.25, 0.3) is 0 Å². The van der Waals surface area contributed by atoms with Crippen molar-refractivity contribution in [3.05, 3.63) is 29.8 Å². The van der Waals surface area contributed by atoms with E-state index in [2.05, 4.69) is 5.32 Å². The molecular weight excluding hydrogens is 298 g/mol. The van der Waals surface area contributed by atoms with Gasteiger partial charge in [0.05, 0.1) is 0 Å². The lowest BCUT2D eigenvalue weighted by atomic mass is 9.99. The molecule has 124 valence electrons. The Morgan fingerprint density at radius 1 is 1.30 bits per heavy atom. The minimum absolute atomic E-state index is 0.140. The number of nitrogens with one attached hydrogen (secondary N) is 1. The van der Waals surface area contributed by atoms with Gasteiger partial charge in [0.1, 0.15) is 19.3 Å². The zero-order valence-corrected chi connectivity index (χ0v) is 13.2. The van der Waals surface area contributed by atoms with Crippen LogP contribution in [0.5, 0.6) is 11.5 Å². The fraction of sp³-hybridized carbons (Fsp3) is 0.412. The summed E-state index contributed by atoms with van der Waals surface area (Å²) in [5.41, 5.74) is 0.778. The molecule has 6 heteroatoms. The van der Waals surface area contributed by atoms with Gasteiger partial charge in [-0.25, -0.2) is 4.79 Å². The van der Waals surface area contributed by atoms with Gasteiger partial charge in [0, 0.05) is 6.08 Å². The van der Waals surface area contributed by atoms with Crippen LogP contribution in [-0.4, -0.2) is 36.2 Å². The third kappa shape index (κ3) is 4.48. The molecule has 1 aromatic carbocycles. The molecule has 1 aromatic rings. The van der Waals surface area contributed by atoms with E-state index in [0.717, 1.165) is 5.56 Å². The average Bonchev–Trinajstić information content (AvgIpc) is 2.56. The van der Waals surface area contributed by atoms with E-state index in [0.29, 0.717) is 31.1 Å². The van der Waals surface area contributed by atoms with Crippen LogP contribution in [0.25, 0.3) is 6.08 Å². The summed E-state index contributed by atoms with van der Waals surface area (Å²) in [6.45, 7) is 4.70. The molecule has 1 heterocycles. The van der Waals surface area contributed by atoms with Crippen LogP contribution in [0.2, 0.25) is 0 Å². The van der Waals surface area contributed by atoms with Gasteiger partial charge >= 0.3 is 5.97 Å². The highest BCUT2D eigenvalue weighted by atomic mass is 16.6. The van der Waals surface area contributed by atoms with Crippen molar-refractivity contribution in [1.29, 1.82) is 0 Å². The molecule has 0 fully saturated rings. The van der Waals surface area contributed by atoms with Crippen molar-refractivity contribution in [2.75, 3.05) is 13.2 Å². The Hall–Kier alpha value is -2.50. The standard InChI is InChI=1S/C17H21NO5/c1-3-11(2)16(17(20)21)18-15(19)7-5-12-4-6-13-14(10-12)23-9-8-22-13/h4-7,10-11,16H,3,8-9H2,1-2H3,(H,18,19)(H,20,21)/b7-5-. The highest BCUT2D eigenvalue weighted by molar-refractivity contribution is 5.94. The number of carboxylic acid groups (broad SMARTS) is 1. The molecule has 0 bridgehead atoms. The minimum atomic E-state index is -1.03. The van der Waals surface area contributed by atoms with Gasteiger partial charge in [-0.1, -0.05) is 26.3 Å². The Morgan fingerprint density at radius 3 is 2.65 bits per heavy atom. The Labute approximate surface area is 135 Å². The molecule has 0 spiro atoms. The lowest BCUT2D eigenvalue weighted by Crippen LogP contribution is -2.44. The molecule has 0 radical (unpaired) electrons. The first-order valence-electron chi connectivity index (χ1n) is 7.62. The van der Waals surface area contributed by atoms with E-state index in [1.807, 2.05) is 6.92 Å². The van der Waals surface area contributed by atoms with Crippen LogP contribution in [0.1, 0.15) is 25.8 Å². The number of ether oxygens (including phenoxy) is 2. The number of hydrogen-bond donors (Lipinski definition) is 2. The van der Waals surface area contributed by atoms with Crippen LogP contribution < -0.4 is 14.8 Å². The van der Waals surface area contributed by atoms with E-state index in [1.54, 1.807) is 31.2 Å². The number of benzene rings is 1. The number of amides is 1. The van der Waals surface area contributed by atoms with Crippen molar-refractivity contribution in [2.24, 2.45) is 5.92 Å². The molecular formula is C17H21NO5. The third-order valence-electron chi connectivity index (χ3n) is 3.77. The number of fused-ring (bicyclic) bond motifs is 1. The molecule has 23 heavy (non-hydrogen) atoms. The summed E-state index contributed by atoms with van der Waals surface area (Å²) in [4.78, 5) is 23.1. The largest absolute Gasteiger partial charge is 0.486 e. The maximum absolute atomic E-state index is 11.9. The summed E-state index contributed by atoms with van der Waals surface area (Å²) in [7, 11) is 0. The normalized spacial score (nSPS) is 15.9. The second-order valence-electron chi connectivity index (χ2n) is 5.45. The van der Waals surface area contributed by atoms with E-state index >= 15 is 0 Å². The maximum Gasteiger partial charge on any atom is 0.326 e. The monoisotopic (exact) mass is 319 g/mol. The molecule has 0 saturated heterocycles. The highest BCUT2D eigenvalue weighted by Gasteiger charge is 2.24. The molecule has 1 aliphatic rings. The zero-order chi connectivity index (χ0) is 16.8. The van der Waals surface area contributed by atoms with E-state index in [-0.39, 0.29) is 5.92 Å². The van der Waals surface area contributed by atoms with Crippen molar-refractivity contribution >= 4 is 18.0 Å². The molecule has 2 unspecified atom stereocenters. The Balaban J connectivity index is 2.01. The Morgan fingerprint density at radius 2 is 2.00 bits per heavy atom. The highest BCUT2D eigenvalue weighted by Crippen LogP contribution is 2.31. The smallest absolute Gasteiger partial charge is 0.326 e. The summed E-state index contributed by atoms with van der Waals surface area (Å²) in [6.07, 6.45) is 3.61. The third-order valence-corrected chi connectivity index (χ3v) is 3.77. The summed E-state index contributed by atoms with van der Waals surface area (Å²) in [5.74, 6) is -0.283. The fourth-order valence-electron chi connectivity index (χ4n) is 2.22. The predicted octanol–water partition coefficient (Wildman–Crippen LogP) is 2.09. The first kappa shape index (κ1) is 16.9. The van der Waals surface area contributed by atoms with Crippen LogP contribution in [0.4, 0.5) is 0 Å². The molecule has 2 atom stereocenters. The second-order valence-corrected chi connectivity index (χ2v) is 5.45. The molecule has 2 rings (SSSR count). The number of carbonyl (C=O) groups excluding carboxylic acids is 1. The van der Waals surface area contributed by atoms with Crippen LogP contribution in [-0.2, 0) is 9.59 Å². The zero-order valence-electron chi connectivity index (χ0n) is 13.2. The van der Waals surface area contributed by atoms with Crippen molar-refractivity contribution in [1.82, 2.24) is 5.32 Å². The summed E-state index contributed by atoms with van der Waals surface area (Å²) in [6, 6.07) is 4.48. The number of carboxylic acids is 1. The molecule has 6 nitrogen and oxygen atoms in total. The summed E-state index contributed by atoms with van der Waals surface area (Å²) in [5, 5.41) is 11.7. The number of hydrogen-bond acceptors (Lipinski definition) is 4. The first-order valence-corrected chi connectivity index (χ1v) is 7.62. The van der Waals surface area contributed by atoms with E-state index in [4.69, 9.17) is 9.47 Å². The van der Waals surface area contributed by atoms with Crippen LogP contribution in [0.3, 0.4) is 0 Å². The van der Waals surface area contributed by atoms with Gasteiger partial charge < -0.3 is 19.9 Å². The van der Waals surface area contributed by atoms with Crippen LogP contribution in [0, 0.1) is 5.92 Å². The fourth-order valence-corrected chi connectivity index (χ4v) is 2.22. The molecule has 0 aromatic heterocycles. The van der Waals surface area contributed by atoms with Gasteiger partial charge in [-0.2, -0.15) is 0 Å². The quantitative estimate of drug-likeness (QED) is 0.784. The Bertz CT molecular complexity index is 611. The summed E-state index contributed by atoms with van der Waals surface area (Å²) >= 11 is 0. The number of aliphatic carboxylic acids is 1. The first-order chi connectivity index (χ1) is 11.0. The van der Waals surface area contributed by atoms with Gasteiger partial charge in [-0.05, 0) is 29.7 Å². The van der Waals surface area contributed by atoms with E-state index in [9.17, 15) is 14.7 Å². The number of carbonyl (C=O) groups is 2. The van der Waals surface area contributed by atoms with Gasteiger partial charge in [-0.3, -0.25) is 4.79 Å². The van der Waals surface area contributed by atoms with Gasteiger partial charge in [0.15, 0.2) is 11.5 Å². The lowest BCUT2D eigenvalue weighted by Gasteiger charge is -2.19. The molecule has 1 amide bonds. The van der Waals surface area contributed by atoms with Gasteiger partial charge in [-0.15, -0.1) is 0 Å². The van der Waals surface area contributed by atoms with Crippen molar-refractivity contribution in [3.63, 3.8) is 0 Å². The SMILES string of the molecule is CCC(C)C(NC(=O)/C=C\c1ccc2c(c1)OCCO2)C(=O)O. The van der Waals surface area contributed by atoms with Crippen molar-refractivity contribution in [2.45, 2.75) is 26.3 Å². The van der Waals surface area contributed by atoms with Gasteiger partial charge in [0.2, 0.25) is 5.91 Å². The minimum Gasteiger partial charge on any atom is -0.486 e. The number of rotatable bonds is 6. The van der Waals surface area contributed by atoms with Crippen LogP contribution >= 0.6 is 0 Å². The summed E-state index contributed by atoms with van der Waals surface area (Å²) < 4.78 is 10.9. The molecule has 0 aliphatic carbocycles. The van der Waals surface area contributed by atoms with Crippen molar-refractivity contribution in [3.8, 4) is 11.5 Å². The second kappa shape index (κ2) is 7.67. The average molecular weight is 319 g/mol. The Kier molecular flexibility index (Phi) is 5.62. The lowest BCUT2D eigenvalue weighted by molar-refractivity contribution is -0.142. The maximum atomic E-state index is 11.9. The molecule has 1 aliphatic heterocycles. The van der Waals surface area contributed by atoms with E-state index < -0.39 is 17.9 Å². The topological polar surface area (TPSA) is 84.9 Å². The van der Waals surface area contributed by atoms with E-state index in [1.165, 1.54) is 6.08 Å². The molecule has 0 saturated carbocycles. The van der Waals surface area contributed by atoms with Crippen molar-refractivity contribution < 1.29 is 24.2 Å². The molecule has 2 N–H and O–H groups in total. The predicted molar refractivity (Wildman–Crippen MR) is 85.5 cm³/mol. The van der Waals surface area contributed by atoms with Crippen LogP contribution in [0.15, 0.2) is 24.3 Å².